The average molecular weight is 427 g/mol. The topological polar surface area (TPSA) is 112 Å². The molecule has 3 aromatic rings. The van der Waals surface area contributed by atoms with Gasteiger partial charge in [-0.1, -0.05) is 29.8 Å². The summed E-state index contributed by atoms with van der Waals surface area (Å²) in [5.74, 6) is -1.08. The number of furan rings is 1. The number of nitro benzene ring substituents is 1. The molecular weight excluding hydrogens is 412 g/mol. The third-order valence-electron chi connectivity index (χ3n) is 3.89. The van der Waals surface area contributed by atoms with Crippen LogP contribution in [0.2, 0.25) is 5.02 Å². The summed E-state index contributed by atoms with van der Waals surface area (Å²) in [5.41, 5.74) is 0.209. The van der Waals surface area contributed by atoms with Crippen LogP contribution in [0.3, 0.4) is 0 Å². The molecule has 0 saturated heterocycles. The van der Waals surface area contributed by atoms with Gasteiger partial charge in [0.15, 0.2) is 0 Å². The molecule has 152 valence electrons. The summed E-state index contributed by atoms with van der Waals surface area (Å²) >= 11 is 5.87. The van der Waals surface area contributed by atoms with E-state index in [1.165, 1.54) is 30.5 Å². The standard InChI is InChI=1S/C21H15ClN2O6/c22-16-8-6-14(7-9-16)11-19(21(26)30-13-18-5-2-10-29-18)23-20(25)15-3-1-4-17(12-15)24(27)28/h1-12H,13H2,(H,23,25). The number of carbonyl (C=O) groups is 2. The molecule has 3 rings (SSSR count). The van der Waals surface area contributed by atoms with Crippen molar-refractivity contribution in [2.24, 2.45) is 0 Å². The predicted molar refractivity (Wildman–Crippen MR) is 108 cm³/mol. The van der Waals surface area contributed by atoms with E-state index in [2.05, 4.69) is 5.32 Å². The molecule has 0 spiro atoms. The summed E-state index contributed by atoms with van der Waals surface area (Å²) in [4.78, 5) is 35.5. The smallest absolute Gasteiger partial charge is 0.355 e. The summed E-state index contributed by atoms with van der Waals surface area (Å²) in [6, 6.07) is 15.0. The number of rotatable bonds is 7. The normalized spacial score (nSPS) is 11.0. The Morgan fingerprint density at radius 3 is 2.57 bits per heavy atom. The number of non-ortho nitro benzene ring substituents is 1. The molecule has 0 aliphatic carbocycles. The lowest BCUT2D eigenvalue weighted by molar-refractivity contribution is -0.384. The van der Waals surface area contributed by atoms with Gasteiger partial charge < -0.3 is 14.5 Å². The van der Waals surface area contributed by atoms with Crippen molar-refractivity contribution in [1.82, 2.24) is 5.32 Å². The summed E-state index contributed by atoms with van der Waals surface area (Å²) in [5, 5.41) is 13.9. The highest BCUT2D eigenvalue weighted by Crippen LogP contribution is 2.16. The Kier molecular flexibility index (Phi) is 6.61. The van der Waals surface area contributed by atoms with Crippen LogP contribution in [-0.2, 0) is 16.1 Å². The van der Waals surface area contributed by atoms with Crippen LogP contribution in [-0.4, -0.2) is 16.8 Å². The van der Waals surface area contributed by atoms with Crippen molar-refractivity contribution in [2.75, 3.05) is 0 Å². The van der Waals surface area contributed by atoms with Crippen molar-refractivity contribution in [3.63, 3.8) is 0 Å². The van der Waals surface area contributed by atoms with E-state index in [0.717, 1.165) is 6.07 Å². The van der Waals surface area contributed by atoms with Gasteiger partial charge in [-0.3, -0.25) is 14.9 Å². The fourth-order valence-electron chi connectivity index (χ4n) is 2.44. The summed E-state index contributed by atoms with van der Waals surface area (Å²) in [6.45, 7) is -0.129. The van der Waals surface area contributed by atoms with Gasteiger partial charge >= 0.3 is 5.97 Å². The van der Waals surface area contributed by atoms with Gasteiger partial charge in [0.25, 0.3) is 11.6 Å². The zero-order chi connectivity index (χ0) is 21.5. The summed E-state index contributed by atoms with van der Waals surface area (Å²) in [7, 11) is 0. The molecule has 30 heavy (non-hydrogen) atoms. The number of nitrogens with one attached hydrogen (secondary N) is 1. The average Bonchev–Trinajstić information content (AvgIpc) is 3.26. The second-order valence-corrected chi connectivity index (χ2v) is 6.46. The SMILES string of the molecule is O=C(OCc1ccco1)C(=Cc1ccc(Cl)cc1)NC(=O)c1cccc([N+](=O)[O-])c1. The van der Waals surface area contributed by atoms with Gasteiger partial charge in [0.2, 0.25) is 0 Å². The van der Waals surface area contributed by atoms with Gasteiger partial charge in [-0.25, -0.2) is 4.79 Å². The molecule has 0 saturated carbocycles. The molecule has 1 aromatic heterocycles. The van der Waals surface area contributed by atoms with E-state index >= 15 is 0 Å². The minimum atomic E-state index is -0.805. The molecule has 8 nitrogen and oxygen atoms in total. The molecule has 0 bridgehead atoms. The first-order valence-electron chi connectivity index (χ1n) is 8.65. The summed E-state index contributed by atoms with van der Waals surface area (Å²) in [6.07, 6.45) is 2.85. The van der Waals surface area contributed by atoms with Crippen LogP contribution in [0.4, 0.5) is 5.69 Å². The highest BCUT2D eigenvalue weighted by molar-refractivity contribution is 6.30. The number of benzene rings is 2. The third kappa shape index (κ3) is 5.55. The van der Waals surface area contributed by atoms with E-state index in [1.807, 2.05) is 0 Å². The fourth-order valence-corrected chi connectivity index (χ4v) is 2.56. The molecule has 1 N–H and O–H groups in total. The number of nitro groups is 1. The van der Waals surface area contributed by atoms with Crippen LogP contribution in [0.25, 0.3) is 6.08 Å². The quantitative estimate of drug-likeness (QED) is 0.260. The largest absolute Gasteiger partial charge is 0.466 e. The number of nitrogens with zero attached hydrogens (tertiary/aromatic N) is 1. The van der Waals surface area contributed by atoms with Gasteiger partial charge in [0.05, 0.1) is 11.2 Å². The van der Waals surface area contributed by atoms with Crippen molar-refractivity contribution in [3.05, 3.63) is 105 Å². The number of hydrogen-bond acceptors (Lipinski definition) is 6. The van der Waals surface area contributed by atoms with Crippen molar-refractivity contribution in [1.29, 1.82) is 0 Å². The molecule has 9 heteroatoms. The van der Waals surface area contributed by atoms with Gasteiger partial charge in [-0.2, -0.15) is 0 Å². The van der Waals surface area contributed by atoms with Gasteiger partial charge in [-0.05, 0) is 42.0 Å². The Labute approximate surface area is 175 Å². The molecular formula is C21H15ClN2O6. The second kappa shape index (κ2) is 9.53. The van der Waals surface area contributed by atoms with Crippen LogP contribution in [0.1, 0.15) is 21.7 Å². The second-order valence-electron chi connectivity index (χ2n) is 6.03. The molecule has 0 atom stereocenters. The van der Waals surface area contributed by atoms with Crippen molar-refractivity contribution < 1.29 is 23.7 Å². The maximum Gasteiger partial charge on any atom is 0.355 e. The number of hydrogen-bond donors (Lipinski definition) is 1. The zero-order valence-electron chi connectivity index (χ0n) is 15.4. The Hall–Kier alpha value is -3.91. The van der Waals surface area contributed by atoms with Gasteiger partial charge in [-0.15, -0.1) is 0 Å². The van der Waals surface area contributed by atoms with E-state index < -0.39 is 16.8 Å². The van der Waals surface area contributed by atoms with E-state index in [1.54, 1.807) is 36.4 Å². The number of esters is 1. The molecule has 0 radical (unpaired) electrons. The highest BCUT2D eigenvalue weighted by atomic mass is 35.5. The Balaban J connectivity index is 1.83. The first-order valence-corrected chi connectivity index (χ1v) is 9.03. The van der Waals surface area contributed by atoms with Crippen LogP contribution < -0.4 is 5.32 Å². The van der Waals surface area contributed by atoms with E-state index in [0.29, 0.717) is 16.3 Å². The van der Waals surface area contributed by atoms with E-state index in [4.69, 9.17) is 20.8 Å². The lowest BCUT2D eigenvalue weighted by atomic mass is 10.1. The lowest BCUT2D eigenvalue weighted by Crippen LogP contribution is -2.28. The maximum atomic E-state index is 12.6. The van der Waals surface area contributed by atoms with E-state index in [-0.39, 0.29) is 23.6 Å². The van der Waals surface area contributed by atoms with E-state index in [9.17, 15) is 19.7 Å². The lowest BCUT2D eigenvalue weighted by Gasteiger charge is -2.10. The maximum absolute atomic E-state index is 12.6. The molecule has 0 unspecified atom stereocenters. The molecule has 0 fully saturated rings. The van der Waals surface area contributed by atoms with Crippen molar-refractivity contribution in [2.45, 2.75) is 6.61 Å². The molecule has 0 aliphatic heterocycles. The third-order valence-corrected chi connectivity index (χ3v) is 4.15. The Morgan fingerprint density at radius 1 is 1.13 bits per heavy atom. The molecule has 1 amide bonds. The monoisotopic (exact) mass is 426 g/mol. The van der Waals surface area contributed by atoms with Crippen LogP contribution in [0, 0.1) is 10.1 Å². The minimum absolute atomic E-state index is 0.0186. The van der Waals surface area contributed by atoms with Crippen molar-refractivity contribution in [3.8, 4) is 0 Å². The summed E-state index contributed by atoms with van der Waals surface area (Å²) < 4.78 is 10.3. The Morgan fingerprint density at radius 2 is 1.90 bits per heavy atom. The van der Waals surface area contributed by atoms with Gasteiger partial charge in [0, 0.05) is 22.7 Å². The fraction of sp³-hybridized carbons (Fsp3) is 0.0476. The van der Waals surface area contributed by atoms with Crippen LogP contribution in [0.5, 0.6) is 0 Å². The number of halogens is 1. The molecule has 1 heterocycles. The number of ether oxygens (including phenoxy) is 1. The van der Waals surface area contributed by atoms with Gasteiger partial charge in [0.1, 0.15) is 18.1 Å². The highest BCUT2D eigenvalue weighted by Gasteiger charge is 2.18. The van der Waals surface area contributed by atoms with Crippen LogP contribution >= 0.6 is 11.6 Å². The molecule has 0 aliphatic rings. The zero-order valence-corrected chi connectivity index (χ0v) is 16.2. The van der Waals surface area contributed by atoms with Crippen LogP contribution in [0.15, 0.2) is 77.0 Å². The Bertz CT molecular complexity index is 1090. The number of carbonyl (C=O) groups excluding carboxylic acids is 2. The number of amides is 1. The predicted octanol–water partition coefficient (Wildman–Crippen LogP) is 4.36. The first-order chi connectivity index (χ1) is 14.4. The van der Waals surface area contributed by atoms with Crippen molar-refractivity contribution >= 4 is 35.2 Å². The first kappa shape index (κ1) is 20.8. The minimum Gasteiger partial charge on any atom is -0.466 e. The molecule has 2 aromatic carbocycles.